The standard InChI is InChI=1S/C29H31NO11.K/c1-35-22-9-8-18(6-7-19-13-26(37-3)29(39-5)27(14-19)38-4)12-24(22)41-17-20-15-23(36-2)25(16-21(20)30(33)34)40-11-10-28(31)32;/h6-9,12-16H,10-11,17H2,1-5H3,(H,31,32);/q;+1/p-1/b7-6+;. The third-order valence-corrected chi connectivity index (χ3v) is 5.85. The summed E-state index contributed by atoms with van der Waals surface area (Å²) in [4.78, 5) is 21.9. The summed E-state index contributed by atoms with van der Waals surface area (Å²) < 4.78 is 38.2. The number of hydrogen-bond donors (Lipinski definition) is 0. The fourth-order valence-electron chi connectivity index (χ4n) is 3.85. The molecule has 0 aliphatic heterocycles. The number of methoxy groups -OCH3 is 5. The van der Waals surface area contributed by atoms with E-state index < -0.39 is 10.9 Å². The predicted octanol–water partition coefficient (Wildman–Crippen LogP) is 0.910. The number of aliphatic carboxylic acids is 1. The van der Waals surface area contributed by atoms with Crippen LogP contribution in [0.4, 0.5) is 5.69 Å². The van der Waals surface area contributed by atoms with E-state index in [1.165, 1.54) is 47.7 Å². The molecule has 0 unspecified atom stereocenters. The fourth-order valence-corrected chi connectivity index (χ4v) is 3.85. The van der Waals surface area contributed by atoms with Crippen molar-refractivity contribution in [1.29, 1.82) is 0 Å². The Balaban J connectivity index is 0.00000616. The molecule has 0 aromatic heterocycles. The Bertz CT molecular complexity index is 1400. The molecule has 3 rings (SSSR count). The maximum Gasteiger partial charge on any atom is 1.00 e. The third kappa shape index (κ3) is 9.00. The minimum atomic E-state index is -1.31. The van der Waals surface area contributed by atoms with Gasteiger partial charge in [-0.05, 0) is 41.5 Å². The van der Waals surface area contributed by atoms with Crippen LogP contribution in [0.1, 0.15) is 23.1 Å². The van der Waals surface area contributed by atoms with Gasteiger partial charge in [-0.1, -0.05) is 18.2 Å². The Morgan fingerprint density at radius 3 is 1.86 bits per heavy atom. The maximum atomic E-state index is 11.8. The molecule has 0 aliphatic carbocycles. The van der Waals surface area contributed by atoms with Gasteiger partial charge < -0.3 is 43.1 Å². The topological polar surface area (TPSA) is 148 Å². The van der Waals surface area contributed by atoms with Gasteiger partial charge in [0.05, 0.1) is 58.7 Å². The number of carbonyl (C=O) groups is 1. The van der Waals surface area contributed by atoms with Gasteiger partial charge >= 0.3 is 51.4 Å². The van der Waals surface area contributed by atoms with E-state index in [0.717, 1.165) is 11.1 Å². The molecule has 0 N–H and O–H groups in total. The maximum absolute atomic E-state index is 11.8. The first-order valence-electron chi connectivity index (χ1n) is 12.2. The number of hydrogen-bond acceptors (Lipinski definition) is 11. The van der Waals surface area contributed by atoms with E-state index in [4.69, 9.17) is 33.2 Å². The van der Waals surface area contributed by atoms with Crippen molar-refractivity contribution in [1.82, 2.24) is 0 Å². The van der Waals surface area contributed by atoms with Gasteiger partial charge in [0.1, 0.15) is 6.61 Å². The first-order chi connectivity index (χ1) is 19.7. The molecule has 0 saturated heterocycles. The van der Waals surface area contributed by atoms with Gasteiger partial charge in [-0.25, -0.2) is 0 Å². The third-order valence-electron chi connectivity index (χ3n) is 5.85. The molecule has 3 aromatic carbocycles. The Morgan fingerprint density at radius 1 is 0.738 bits per heavy atom. The van der Waals surface area contributed by atoms with Gasteiger partial charge in [0.2, 0.25) is 5.75 Å². The van der Waals surface area contributed by atoms with Crippen molar-refractivity contribution in [3.8, 4) is 40.2 Å². The van der Waals surface area contributed by atoms with E-state index in [-0.39, 0.29) is 93.8 Å². The zero-order valence-corrected chi connectivity index (χ0v) is 27.4. The van der Waals surface area contributed by atoms with Crippen molar-refractivity contribution in [2.24, 2.45) is 0 Å². The molecule has 0 spiro atoms. The van der Waals surface area contributed by atoms with E-state index in [0.29, 0.717) is 28.7 Å². The Morgan fingerprint density at radius 2 is 1.31 bits per heavy atom. The molecule has 0 amide bonds. The van der Waals surface area contributed by atoms with E-state index in [1.807, 2.05) is 18.2 Å². The van der Waals surface area contributed by atoms with Crippen LogP contribution in [0.2, 0.25) is 0 Å². The number of carboxylic acids is 1. The van der Waals surface area contributed by atoms with E-state index in [1.54, 1.807) is 24.3 Å². The van der Waals surface area contributed by atoms with Crippen LogP contribution < -0.4 is 89.6 Å². The number of rotatable bonds is 15. The van der Waals surface area contributed by atoms with Crippen molar-refractivity contribution in [2.45, 2.75) is 13.0 Å². The number of nitrogens with zero attached hydrogens (tertiary/aromatic N) is 1. The molecule has 218 valence electrons. The molecule has 42 heavy (non-hydrogen) atoms. The number of nitro groups is 1. The summed E-state index contributed by atoms with van der Waals surface area (Å²) in [6, 6.07) is 11.5. The summed E-state index contributed by atoms with van der Waals surface area (Å²) in [5.41, 5.74) is 1.48. The van der Waals surface area contributed by atoms with Crippen LogP contribution in [-0.4, -0.2) is 53.0 Å². The molecule has 13 heteroatoms. The Labute approximate surface area is 285 Å². The molecule has 0 atom stereocenters. The average molecular weight is 608 g/mol. The van der Waals surface area contributed by atoms with E-state index in [2.05, 4.69) is 0 Å². The summed E-state index contributed by atoms with van der Waals surface area (Å²) in [7, 11) is 7.45. The number of carboxylic acid groups (broad SMARTS) is 1. The number of ether oxygens (including phenoxy) is 7. The van der Waals surface area contributed by atoms with Crippen LogP contribution in [0.15, 0.2) is 42.5 Å². The number of nitro benzene ring substituents is 1. The van der Waals surface area contributed by atoms with Gasteiger partial charge in [0.25, 0.3) is 5.69 Å². The summed E-state index contributed by atoms with van der Waals surface area (Å²) in [5.74, 6) is 1.18. The minimum Gasteiger partial charge on any atom is -0.550 e. The smallest absolute Gasteiger partial charge is 0.550 e. The summed E-state index contributed by atoms with van der Waals surface area (Å²) in [5, 5.41) is 22.5. The van der Waals surface area contributed by atoms with Crippen LogP contribution in [0, 0.1) is 10.1 Å². The van der Waals surface area contributed by atoms with Gasteiger partial charge in [-0.2, -0.15) is 0 Å². The first kappa shape index (κ1) is 34.7. The molecule has 0 fully saturated rings. The monoisotopic (exact) mass is 607 g/mol. The summed E-state index contributed by atoms with van der Waals surface area (Å²) in [6.07, 6.45) is 3.31. The summed E-state index contributed by atoms with van der Waals surface area (Å²) in [6.45, 7) is -0.429. The SMILES string of the molecule is COc1cc(COc2cc(/C=C/c3cc(OC)c(OC)c(OC)c3)ccc2OC)c([N+](=O)[O-])cc1OCCC(=O)[O-].[K+]. The quantitative estimate of drug-likeness (QED) is 0.105. The van der Waals surface area contributed by atoms with Crippen LogP contribution in [0.5, 0.6) is 40.2 Å². The second-order valence-electron chi connectivity index (χ2n) is 8.35. The van der Waals surface area contributed by atoms with Crippen LogP contribution >= 0.6 is 0 Å². The van der Waals surface area contributed by atoms with Gasteiger partial charge in [-0.3, -0.25) is 10.1 Å². The molecule has 12 nitrogen and oxygen atoms in total. The largest absolute Gasteiger partial charge is 1.00 e. The number of benzene rings is 3. The minimum absolute atomic E-state index is 0. The van der Waals surface area contributed by atoms with Crippen molar-refractivity contribution in [3.63, 3.8) is 0 Å². The van der Waals surface area contributed by atoms with Crippen LogP contribution in [0.25, 0.3) is 12.2 Å². The van der Waals surface area contributed by atoms with Crippen LogP contribution in [-0.2, 0) is 11.4 Å². The molecule has 0 radical (unpaired) electrons. The molecule has 3 aromatic rings. The van der Waals surface area contributed by atoms with Crippen molar-refractivity contribution in [2.75, 3.05) is 42.2 Å². The normalized spacial score (nSPS) is 10.4. The molecular weight excluding hydrogens is 577 g/mol. The zero-order chi connectivity index (χ0) is 29.9. The van der Waals surface area contributed by atoms with E-state index in [9.17, 15) is 20.0 Å². The van der Waals surface area contributed by atoms with E-state index >= 15 is 0 Å². The predicted molar refractivity (Wildman–Crippen MR) is 147 cm³/mol. The second-order valence-corrected chi connectivity index (χ2v) is 8.35. The Kier molecular flexibility index (Phi) is 13.9. The molecular formula is C29H30KNO11. The van der Waals surface area contributed by atoms with Crippen molar-refractivity contribution >= 4 is 23.8 Å². The fraction of sp³-hybridized carbons (Fsp3) is 0.276. The van der Waals surface area contributed by atoms with Gasteiger partial charge in [0.15, 0.2) is 34.5 Å². The van der Waals surface area contributed by atoms with Gasteiger partial charge in [-0.15, -0.1) is 0 Å². The zero-order valence-electron chi connectivity index (χ0n) is 24.3. The second kappa shape index (κ2) is 16.8. The first-order valence-corrected chi connectivity index (χ1v) is 12.2. The Hall–Kier alpha value is -3.49. The number of carbonyl (C=O) groups excluding carboxylic acids is 1. The van der Waals surface area contributed by atoms with Gasteiger partial charge in [0, 0.05) is 12.4 Å². The summed E-state index contributed by atoms with van der Waals surface area (Å²) >= 11 is 0. The molecule has 0 aliphatic rings. The van der Waals surface area contributed by atoms with Crippen molar-refractivity contribution in [3.05, 3.63) is 69.3 Å². The molecule has 0 saturated carbocycles. The van der Waals surface area contributed by atoms with Crippen molar-refractivity contribution < 1.29 is 99.4 Å². The molecule has 0 bridgehead atoms. The average Bonchev–Trinajstić information content (AvgIpc) is 2.97. The molecule has 0 heterocycles. The van der Waals surface area contributed by atoms with Crippen LogP contribution in [0.3, 0.4) is 0 Å².